The number of amides is 1. The molecule has 1 unspecified atom stereocenters. The van der Waals surface area contributed by atoms with E-state index in [1.807, 2.05) is 36.1 Å². The molecular weight excluding hydrogens is 282 g/mol. The van der Waals surface area contributed by atoms with E-state index in [2.05, 4.69) is 10.1 Å². The van der Waals surface area contributed by atoms with Crippen molar-refractivity contribution < 1.29 is 14.1 Å². The van der Waals surface area contributed by atoms with Crippen LogP contribution in [0.1, 0.15) is 36.5 Å². The molecule has 1 saturated heterocycles. The van der Waals surface area contributed by atoms with Gasteiger partial charge in [0.05, 0.1) is 13.0 Å². The highest BCUT2D eigenvalue weighted by atomic mass is 16.5. The maximum absolute atomic E-state index is 12.2. The number of likely N-dealkylation sites (tertiary alicyclic amines) is 1. The second-order valence-electron chi connectivity index (χ2n) is 5.39. The van der Waals surface area contributed by atoms with Gasteiger partial charge in [0, 0.05) is 31.5 Å². The first-order chi connectivity index (χ1) is 10.7. The second-order valence-corrected chi connectivity index (χ2v) is 5.39. The zero-order chi connectivity index (χ0) is 15.5. The van der Waals surface area contributed by atoms with E-state index in [1.165, 1.54) is 0 Å². The molecule has 2 heterocycles. The lowest BCUT2D eigenvalue weighted by Crippen LogP contribution is -2.24. The zero-order valence-corrected chi connectivity index (χ0v) is 12.8. The molecular formula is C16H19N3O3. The van der Waals surface area contributed by atoms with Crippen LogP contribution in [0.2, 0.25) is 0 Å². The molecule has 0 bridgehead atoms. The fourth-order valence-electron chi connectivity index (χ4n) is 2.71. The SMILES string of the molecule is CCc1noc(C2CC(=O)N(Cc3ccccc3OC)C2)n1. The Balaban J connectivity index is 1.72. The lowest BCUT2D eigenvalue weighted by Gasteiger charge is -2.17. The van der Waals surface area contributed by atoms with Crippen molar-refractivity contribution in [2.45, 2.75) is 32.2 Å². The van der Waals surface area contributed by atoms with Crippen LogP contribution in [-0.2, 0) is 17.8 Å². The zero-order valence-electron chi connectivity index (χ0n) is 12.8. The number of carbonyl (C=O) groups excluding carboxylic acids is 1. The fraction of sp³-hybridized carbons (Fsp3) is 0.438. The molecule has 0 saturated carbocycles. The van der Waals surface area contributed by atoms with Crippen LogP contribution < -0.4 is 4.74 Å². The molecule has 2 aromatic rings. The number of nitrogens with zero attached hydrogens (tertiary/aromatic N) is 3. The van der Waals surface area contributed by atoms with E-state index in [0.717, 1.165) is 17.7 Å². The van der Waals surface area contributed by atoms with E-state index in [0.29, 0.717) is 31.2 Å². The molecule has 0 spiro atoms. The fourth-order valence-corrected chi connectivity index (χ4v) is 2.71. The molecule has 0 radical (unpaired) electrons. The Labute approximate surface area is 129 Å². The average Bonchev–Trinajstić information content (AvgIpc) is 3.15. The first-order valence-electron chi connectivity index (χ1n) is 7.43. The Bertz CT molecular complexity index is 668. The molecule has 1 aliphatic heterocycles. The van der Waals surface area contributed by atoms with Gasteiger partial charge in [-0.25, -0.2) is 0 Å². The van der Waals surface area contributed by atoms with Gasteiger partial charge in [-0.1, -0.05) is 30.3 Å². The number of rotatable bonds is 5. The van der Waals surface area contributed by atoms with Crippen molar-refractivity contribution in [2.75, 3.05) is 13.7 Å². The third-order valence-corrected chi connectivity index (χ3v) is 3.92. The van der Waals surface area contributed by atoms with E-state index >= 15 is 0 Å². The van der Waals surface area contributed by atoms with Gasteiger partial charge >= 0.3 is 0 Å². The summed E-state index contributed by atoms with van der Waals surface area (Å²) >= 11 is 0. The van der Waals surface area contributed by atoms with Crippen molar-refractivity contribution >= 4 is 5.91 Å². The lowest BCUT2D eigenvalue weighted by molar-refractivity contribution is -0.128. The first-order valence-corrected chi connectivity index (χ1v) is 7.43. The Morgan fingerprint density at radius 2 is 2.23 bits per heavy atom. The predicted molar refractivity (Wildman–Crippen MR) is 79.4 cm³/mol. The summed E-state index contributed by atoms with van der Waals surface area (Å²) in [5, 5.41) is 3.90. The van der Waals surface area contributed by atoms with Crippen LogP contribution in [0.25, 0.3) is 0 Å². The minimum Gasteiger partial charge on any atom is -0.496 e. The highest BCUT2D eigenvalue weighted by Crippen LogP contribution is 2.29. The van der Waals surface area contributed by atoms with E-state index in [1.54, 1.807) is 7.11 Å². The van der Waals surface area contributed by atoms with E-state index in [4.69, 9.17) is 9.26 Å². The topological polar surface area (TPSA) is 68.5 Å². The summed E-state index contributed by atoms with van der Waals surface area (Å²) in [4.78, 5) is 18.4. The maximum Gasteiger partial charge on any atom is 0.232 e. The van der Waals surface area contributed by atoms with Gasteiger partial charge in [0.1, 0.15) is 5.75 Å². The summed E-state index contributed by atoms with van der Waals surface area (Å²) in [5.74, 6) is 2.13. The van der Waals surface area contributed by atoms with Crippen LogP contribution in [0.15, 0.2) is 28.8 Å². The van der Waals surface area contributed by atoms with Crippen molar-refractivity contribution in [3.63, 3.8) is 0 Å². The van der Waals surface area contributed by atoms with Crippen LogP contribution >= 0.6 is 0 Å². The van der Waals surface area contributed by atoms with Gasteiger partial charge in [0.2, 0.25) is 11.8 Å². The maximum atomic E-state index is 12.2. The molecule has 1 atom stereocenters. The summed E-state index contributed by atoms with van der Waals surface area (Å²) in [7, 11) is 1.64. The van der Waals surface area contributed by atoms with Gasteiger partial charge in [0.15, 0.2) is 5.82 Å². The van der Waals surface area contributed by atoms with Crippen LogP contribution in [0.4, 0.5) is 0 Å². The number of hydrogen-bond acceptors (Lipinski definition) is 5. The standard InChI is InChI=1S/C16H19N3O3/c1-3-14-17-16(22-18-14)12-8-15(20)19(10-12)9-11-6-4-5-7-13(11)21-2/h4-7,12H,3,8-10H2,1-2H3. The molecule has 0 aliphatic carbocycles. The molecule has 0 N–H and O–H groups in total. The monoisotopic (exact) mass is 301 g/mol. The quantitative estimate of drug-likeness (QED) is 0.846. The van der Waals surface area contributed by atoms with Crippen LogP contribution in [-0.4, -0.2) is 34.6 Å². The van der Waals surface area contributed by atoms with Crippen molar-refractivity contribution in [1.82, 2.24) is 15.0 Å². The first kappa shape index (κ1) is 14.6. The van der Waals surface area contributed by atoms with E-state index in [9.17, 15) is 4.79 Å². The normalized spacial score (nSPS) is 18.0. The molecule has 1 aromatic carbocycles. The highest BCUT2D eigenvalue weighted by Gasteiger charge is 2.34. The van der Waals surface area contributed by atoms with Crippen molar-refractivity contribution in [2.24, 2.45) is 0 Å². The van der Waals surface area contributed by atoms with E-state index < -0.39 is 0 Å². The van der Waals surface area contributed by atoms with Gasteiger partial charge in [-0.15, -0.1) is 0 Å². The molecule has 22 heavy (non-hydrogen) atoms. The van der Waals surface area contributed by atoms with E-state index in [-0.39, 0.29) is 11.8 Å². The Morgan fingerprint density at radius 1 is 1.41 bits per heavy atom. The minimum atomic E-state index is -0.0185. The predicted octanol–water partition coefficient (Wildman–Crippen LogP) is 2.16. The third kappa shape index (κ3) is 2.81. The summed E-state index contributed by atoms with van der Waals surface area (Å²) in [6.45, 7) is 3.11. The van der Waals surface area contributed by atoms with Gasteiger partial charge in [-0.2, -0.15) is 4.98 Å². The Hall–Kier alpha value is -2.37. The van der Waals surface area contributed by atoms with Crippen molar-refractivity contribution in [3.05, 3.63) is 41.5 Å². The molecule has 1 aliphatic rings. The van der Waals surface area contributed by atoms with Gasteiger partial charge in [-0.3, -0.25) is 4.79 Å². The summed E-state index contributed by atoms with van der Waals surface area (Å²) < 4.78 is 10.6. The second kappa shape index (κ2) is 6.17. The smallest absolute Gasteiger partial charge is 0.232 e. The summed E-state index contributed by atoms with van der Waals surface area (Å²) in [6, 6.07) is 7.74. The molecule has 1 fully saturated rings. The number of para-hydroxylation sites is 1. The van der Waals surface area contributed by atoms with Crippen molar-refractivity contribution in [1.29, 1.82) is 0 Å². The van der Waals surface area contributed by atoms with Crippen LogP contribution in [0.5, 0.6) is 5.75 Å². The van der Waals surface area contributed by atoms with Gasteiger partial charge < -0.3 is 14.2 Å². The summed E-state index contributed by atoms with van der Waals surface area (Å²) in [6.07, 6.45) is 1.15. The molecule has 1 amide bonds. The number of aromatic nitrogens is 2. The Kier molecular flexibility index (Phi) is 4.09. The lowest BCUT2D eigenvalue weighted by atomic mass is 10.1. The molecule has 3 rings (SSSR count). The van der Waals surface area contributed by atoms with Crippen LogP contribution in [0, 0.1) is 0 Å². The number of methoxy groups -OCH3 is 1. The number of aryl methyl sites for hydroxylation is 1. The van der Waals surface area contributed by atoms with Gasteiger partial charge in [-0.05, 0) is 6.07 Å². The number of carbonyl (C=O) groups is 1. The number of ether oxygens (including phenoxy) is 1. The largest absolute Gasteiger partial charge is 0.496 e. The Morgan fingerprint density at radius 3 is 2.95 bits per heavy atom. The van der Waals surface area contributed by atoms with Crippen LogP contribution in [0.3, 0.4) is 0 Å². The summed E-state index contributed by atoms with van der Waals surface area (Å²) in [5.41, 5.74) is 0.999. The molecule has 1 aromatic heterocycles. The average molecular weight is 301 g/mol. The highest BCUT2D eigenvalue weighted by molar-refractivity contribution is 5.79. The molecule has 116 valence electrons. The molecule has 6 nitrogen and oxygen atoms in total. The third-order valence-electron chi connectivity index (χ3n) is 3.92. The molecule has 6 heteroatoms. The van der Waals surface area contributed by atoms with Crippen molar-refractivity contribution in [3.8, 4) is 5.75 Å². The number of benzene rings is 1. The van der Waals surface area contributed by atoms with Gasteiger partial charge in [0.25, 0.3) is 0 Å². The minimum absolute atomic E-state index is 0.0185. The number of hydrogen-bond donors (Lipinski definition) is 0.